The Morgan fingerprint density at radius 2 is 1.79 bits per heavy atom. The van der Waals surface area contributed by atoms with Crippen molar-refractivity contribution < 1.29 is 14.7 Å². The molecule has 1 saturated carbocycles. The van der Waals surface area contributed by atoms with Gasteiger partial charge in [0.1, 0.15) is 6.04 Å². The van der Waals surface area contributed by atoms with Crippen LogP contribution < -0.4 is 5.32 Å². The standard InChI is InChI=1S/C14H24N2O3/c17-13(18)12-7-3-4-10-16(12)14(19)15-9-8-11-5-1-2-6-11/h11-12H,1-10H2,(H,15,19)(H,17,18). The molecule has 1 heterocycles. The number of carbonyl (C=O) groups is 2. The van der Waals surface area contributed by atoms with Crippen LogP contribution in [0.4, 0.5) is 4.79 Å². The number of amides is 2. The summed E-state index contributed by atoms with van der Waals surface area (Å²) in [6, 6.07) is -0.842. The van der Waals surface area contributed by atoms with E-state index in [1.807, 2.05) is 0 Å². The number of carbonyl (C=O) groups excluding carboxylic acids is 1. The van der Waals surface area contributed by atoms with Gasteiger partial charge >= 0.3 is 12.0 Å². The summed E-state index contributed by atoms with van der Waals surface area (Å²) in [6.07, 6.45) is 8.57. The molecule has 5 heteroatoms. The van der Waals surface area contributed by atoms with Crippen LogP contribution in [0, 0.1) is 5.92 Å². The molecule has 0 aromatic heterocycles. The Hall–Kier alpha value is -1.26. The van der Waals surface area contributed by atoms with Crippen molar-refractivity contribution in [3.05, 3.63) is 0 Å². The fourth-order valence-corrected chi connectivity index (χ4v) is 3.22. The van der Waals surface area contributed by atoms with E-state index < -0.39 is 12.0 Å². The van der Waals surface area contributed by atoms with Crippen molar-refractivity contribution in [2.24, 2.45) is 5.92 Å². The van der Waals surface area contributed by atoms with Crippen LogP contribution in [-0.2, 0) is 4.79 Å². The third kappa shape index (κ3) is 3.85. The van der Waals surface area contributed by atoms with E-state index in [1.165, 1.54) is 30.6 Å². The van der Waals surface area contributed by atoms with Crippen LogP contribution in [0.1, 0.15) is 51.4 Å². The fourth-order valence-electron chi connectivity index (χ4n) is 3.22. The van der Waals surface area contributed by atoms with E-state index in [2.05, 4.69) is 5.32 Å². The number of urea groups is 1. The number of nitrogens with zero attached hydrogens (tertiary/aromatic N) is 1. The van der Waals surface area contributed by atoms with Gasteiger partial charge in [-0.25, -0.2) is 9.59 Å². The molecule has 1 saturated heterocycles. The van der Waals surface area contributed by atoms with Crippen LogP contribution >= 0.6 is 0 Å². The van der Waals surface area contributed by atoms with E-state index in [0.717, 1.165) is 25.2 Å². The second kappa shape index (κ2) is 6.78. The summed E-state index contributed by atoms with van der Waals surface area (Å²) in [6.45, 7) is 1.23. The first-order valence-electron chi connectivity index (χ1n) is 7.46. The lowest BCUT2D eigenvalue weighted by Gasteiger charge is -2.33. The molecule has 5 nitrogen and oxygen atoms in total. The Morgan fingerprint density at radius 1 is 1.11 bits per heavy atom. The van der Waals surface area contributed by atoms with E-state index in [1.54, 1.807) is 0 Å². The molecular weight excluding hydrogens is 244 g/mol. The van der Waals surface area contributed by atoms with Gasteiger partial charge in [0.15, 0.2) is 0 Å². The highest BCUT2D eigenvalue weighted by Crippen LogP contribution is 2.27. The number of hydrogen-bond donors (Lipinski definition) is 2. The molecule has 0 aromatic carbocycles. The summed E-state index contributed by atoms with van der Waals surface area (Å²) in [7, 11) is 0. The SMILES string of the molecule is O=C(O)C1CCCCN1C(=O)NCCC1CCCC1. The van der Waals surface area contributed by atoms with Crippen molar-refractivity contribution >= 4 is 12.0 Å². The maximum atomic E-state index is 12.0. The summed E-state index contributed by atoms with van der Waals surface area (Å²) in [5, 5.41) is 12.0. The molecule has 1 aliphatic heterocycles. The lowest BCUT2D eigenvalue weighted by atomic mass is 10.0. The highest BCUT2D eigenvalue weighted by molar-refractivity contribution is 5.82. The Morgan fingerprint density at radius 3 is 2.47 bits per heavy atom. The highest BCUT2D eigenvalue weighted by Gasteiger charge is 2.31. The van der Waals surface area contributed by atoms with Gasteiger partial charge in [-0.2, -0.15) is 0 Å². The second-order valence-electron chi connectivity index (χ2n) is 5.71. The van der Waals surface area contributed by atoms with Crippen molar-refractivity contribution in [2.75, 3.05) is 13.1 Å². The molecule has 19 heavy (non-hydrogen) atoms. The smallest absolute Gasteiger partial charge is 0.326 e. The minimum Gasteiger partial charge on any atom is -0.480 e. The number of carboxylic acids is 1. The number of nitrogens with one attached hydrogen (secondary N) is 1. The molecule has 1 aliphatic carbocycles. The molecule has 2 fully saturated rings. The molecule has 2 N–H and O–H groups in total. The topological polar surface area (TPSA) is 69.6 Å². The summed E-state index contributed by atoms with van der Waals surface area (Å²) < 4.78 is 0. The molecular formula is C14H24N2O3. The van der Waals surface area contributed by atoms with Gasteiger partial charge in [-0.3, -0.25) is 0 Å². The zero-order valence-corrected chi connectivity index (χ0v) is 11.4. The number of piperidine rings is 1. The average molecular weight is 268 g/mol. The zero-order valence-electron chi connectivity index (χ0n) is 11.4. The molecule has 2 aliphatic rings. The molecule has 2 amide bonds. The maximum absolute atomic E-state index is 12.0. The van der Waals surface area contributed by atoms with Crippen LogP contribution in [0.5, 0.6) is 0 Å². The van der Waals surface area contributed by atoms with Crippen molar-refractivity contribution in [3.63, 3.8) is 0 Å². The zero-order chi connectivity index (χ0) is 13.7. The first-order chi connectivity index (χ1) is 9.18. The van der Waals surface area contributed by atoms with Gasteiger partial charge in [0.05, 0.1) is 0 Å². The van der Waals surface area contributed by atoms with Crippen molar-refractivity contribution in [1.29, 1.82) is 0 Å². The van der Waals surface area contributed by atoms with Crippen LogP contribution in [0.2, 0.25) is 0 Å². The minimum atomic E-state index is -0.884. The summed E-state index contributed by atoms with van der Waals surface area (Å²) in [5.74, 6) is -0.137. The van der Waals surface area contributed by atoms with Crippen LogP contribution in [0.15, 0.2) is 0 Å². The predicted molar refractivity (Wildman–Crippen MR) is 72.0 cm³/mol. The number of rotatable bonds is 4. The number of carboxylic acid groups (broad SMARTS) is 1. The van der Waals surface area contributed by atoms with Crippen LogP contribution in [-0.4, -0.2) is 41.1 Å². The lowest BCUT2D eigenvalue weighted by Crippen LogP contribution is -2.52. The molecule has 0 radical (unpaired) electrons. The summed E-state index contributed by atoms with van der Waals surface area (Å²) in [4.78, 5) is 24.7. The molecule has 2 rings (SSSR count). The lowest BCUT2D eigenvalue weighted by molar-refractivity contribution is -0.143. The van der Waals surface area contributed by atoms with Gasteiger partial charge in [-0.15, -0.1) is 0 Å². The second-order valence-corrected chi connectivity index (χ2v) is 5.71. The van der Waals surface area contributed by atoms with E-state index in [0.29, 0.717) is 19.5 Å². The van der Waals surface area contributed by atoms with Gasteiger partial charge in [0.2, 0.25) is 0 Å². The maximum Gasteiger partial charge on any atom is 0.326 e. The van der Waals surface area contributed by atoms with Crippen LogP contribution in [0.25, 0.3) is 0 Å². The summed E-state index contributed by atoms with van der Waals surface area (Å²) >= 11 is 0. The molecule has 0 bridgehead atoms. The summed E-state index contributed by atoms with van der Waals surface area (Å²) in [5.41, 5.74) is 0. The van der Waals surface area contributed by atoms with E-state index in [4.69, 9.17) is 5.11 Å². The number of likely N-dealkylation sites (tertiary alicyclic amines) is 1. The van der Waals surface area contributed by atoms with E-state index in [9.17, 15) is 9.59 Å². The Bertz CT molecular complexity index is 327. The highest BCUT2D eigenvalue weighted by atomic mass is 16.4. The molecule has 108 valence electrons. The molecule has 1 unspecified atom stereocenters. The normalized spacial score (nSPS) is 24.4. The predicted octanol–water partition coefficient (Wildman–Crippen LogP) is 2.22. The largest absolute Gasteiger partial charge is 0.480 e. The Kier molecular flexibility index (Phi) is 5.05. The Labute approximate surface area is 114 Å². The number of hydrogen-bond acceptors (Lipinski definition) is 2. The molecule has 0 aromatic rings. The molecule has 1 atom stereocenters. The fraction of sp³-hybridized carbons (Fsp3) is 0.857. The van der Waals surface area contributed by atoms with Gasteiger partial charge < -0.3 is 15.3 Å². The van der Waals surface area contributed by atoms with Crippen molar-refractivity contribution in [2.45, 2.75) is 57.4 Å². The quantitative estimate of drug-likeness (QED) is 0.821. The number of aliphatic carboxylic acids is 1. The van der Waals surface area contributed by atoms with Gasteiger partial charge in [-0.1, -0.05) is 25.7 Å². The van der Waals surface area contributed by atoms with Crippen LogP contribution in [0.3, 0.4) is 0 Å². The Balaban J connectivity index is 1.75. The van der Waals surface area contributed by atoms with E-state index >= 15 is 0 Å². The van der Waals surface area contributed by atoms with Gasteiger partial charge in [-0.05, 0) is 31.6 Å². The first kappa shape index (κ1) is 14.2. The minimum absolute atomic E-state index is 0.204. The van der Waals surface area contributed by atoms with E-state index in [-0.39, 0.29) is 6.03 Å². The van der Waals surface area contributed by atoms with Crippen molar-refractivity contribution in [1.82, 2.24) is 10.2 Å². The monoisotopic (exact) mass is 268 g/mol. The van der Waals surface area contributed by atoms with Gasteiger partial charge in [0, 0.05) is 13.1 Å². The molecule has 0 spiro atoms. The third-order valence-corrected chi connectivity index (χ3v) is 4.35. The average Bonchev–Trinajstić information content (AvgIpc) is 2.91. The van der Waals surface area contributed by atoms with Crippen molar-refractivity contribution in [3.8, 4) is 0 Å². The van der Waals surface area contributed by atoms with Gasteiger partial charge in [0.25, 0.3) is 0 Å². The third-order valence-electron chi connectivity index (χ3n) is 4.35. The first-order valence-corrected chi connectivity index (χ1v) is 7.46.